The molecule has 4 heteroatoms. The predicted octanol–water partition coefficient (Wildman–Crippen LogP) is -0.574. The average Bonchev–Trinajstić information content (AvgIpc) is 2.05. The van der Waals surface area contributed by atoms with E-state index in [-0.39, 0.29) is 5.90 Å². The molecule has 0 aliphatic carbocycles. The molecule has 0 radical (unpaired) electrons. The quantitative estimate of drug-likeness (QED) is 0.185. The van der Waals surface area contributed by atoms with Crippen LogP contribution in [0.15, 0.2) is 29.6 Å². The normalized spacial score (nSPS) is 11.4. The molecule has 1 rings (SSSR count). The zero-order valence-electron chi connectivity index (χ0n) is 5.28. The summed E-state index contributed by atoms with van der Waals surface area (Å²) >= 11 is 0. The highest BCUT2D eigenvalue weighted by atomic mass is 16.3. The van der Waals surface area contributed by atoms with E-state index in [0.717, 1.165) is 0 Å². The summed E-state index contributed by atoms with van der Waals surface area (Å²) in [6, 6.07) is 3.36. The zero-order valence-corrected chi connectivity index (χ0v) is 5.28. The SMILES string of the molecule is NN=C([OH2+])c1ccncc1. The lowest BCUT2D eigenvalue weighted by molar-refractivity contribution is 0.551. The zero-order chi connectivity index (χ0) is 7.40. The van der Waals surface area contributed by atoms with Crippen molar-refractivity contribution in [1.82, 2.24) is 4.98 Å². The third-order valence-corrected chi connectivity index (χ3v) is 1.08. The molecular weight excluding hydrogens is 130 g/mol. The molecule has 0 fully saturated rings. The fraction of sp³-hybridized carbons (Fsp3) is 0. The van der Waals surface area contributed by atoms with Crippen molar-refractivity contribution in [2.24, 2.45) is 10.9 Å². The maximum absolute atomic E-state index is 7.16. The molecule has 0 saturated heterocycles. The number of hydrogen-bond acceptors (Lipinski definition) is 3. The van der Waals surface area contributed by atoms with Crippen LogP contribution in [0, 0.1) is 0 Å². The lowest BCUT2D eigenvalue weighted by atomic mass is 10.3. The highest BCUT2D eigenvalue weighted by Gasteiger charge is 2.01. The van der Waals surface area contributed by atoms with Crippen LogP contribution in [-0.4, -0.2) is 16.0 Å². The largest absolute Gasteiger partial charge is 0.577 e. The van der Waals surface area contributed by atoms with Crippen LogP contribution in [0.2, 0.25) is 0 Å². The number of aromatic nitrogens is 1. The van der Waals surface area contributed by atoms with Gasteiger partial charge in [-0.2, -0.15) is 0 Å². The number of nitrogens with zero attached hydrogens (tertiary/aromatic N) is 2. The molecule has 0 aliphatic rings. The van der Waals surface area contributed by atoms with E-state index in [2.05, 4.69) is 10.1 Å². The second-order valence-electron chi connectivity index (χ2n) is 1.71. The molecular formula is C6H8N3O+. The lowest BCUT2D eigenvalue weighted by Gasteiger charge is -1.89. The molecule has 0 aromatic carbocycles. The van der Waals surface area contributed by atoms with Gasteiger partial charge in [0.25, 0.3) is 0 Å². The van der Waals surface area contributed by atoms with Gasteiger partial charge in [0.1, 0.15) is 0 Å². The smallest absolute Gasteiger partial charge is 0.380 e. The summed E-state index contributed by atoms with van der Waals surface area (Å²) in [7, 11) is 0. The van der Waals surface area contributed by atoms with Crippen LogP contribution in [0.4, 0.5) is 0 Å². The predicted molar refractivity (Wildman–Crippen MR) is 38.6 cm³/mol. The van der Waals surface area contributed by atoms with E-state index in [1.807, 2.05) is 0 Å². The standard InChI is InChI=1S/C6H7N3O/c7-9-6(10)5-1-3-8-4-2-5/h1-4H,7H2,(H,9,10)/p+1. The fourth-order valence-corrected chi connectivity index (χ4v) is 0.584. The minimum Gasteiger partial charge on any atom is -0.577 e. The molecule has 52 valence electrons. The maximum Gasteiger partial charge on any atom is 0.380 e. The van der Waals surface area contributed by atoms with Gasteiger partial charge in [-0.25, -0.2) is 0 Å². The minimum atomic E-state index is 0.0717. The third kappa shape index (κ3) is 1.22. The topological polar surface area (TPSA) is 74.2 Å². The molecule has 0 aliphatic heterocycles. The maximum atomic E-state index is 7.16. The first-order chi connectivity index (χ1) is 4.84. The highest BCUT2D eigenvalue weighted by molar-refractivity contribution is 5.91. The molecule has 0 amide bonds. The Morgan fingerprint density at radius 1 is 1.50 bits per heavy atom. The first-order valence-electron chi connectivity index (χ1n) is 2.74. The van der Waals surface area contributed by atoms with Gasteiger partial charge >= 0.3 is 5.90 Å². The third-order valence-electron chi connectivity index (χ3n) is 1.08. The van der Waals surface area contributed by atoms with Crippen molar-refractivity contribution in [2.45, 2.75) is 0 Å². The second-order valence-corrected chi connectivity index (χ2v) is 1.71. The van der Waals surface area contributed by atoms with Gasteiger partial charge in [0, 0.05) is 12.4 Å². The Hall–Kier alpha value is -1.58. The Morgan fingerprint density at radius 2 is 2.10 bits per heavy atom. The van der Waals surface area contributed by atoms with E-state index < -0.39 is 0 Å². The summed E-state index contributed by atoms with van der Waals surface area (Å²) in [5, 5.41) is 10.4. The molecule has 4 nitrogen and oxygen atoms in total. The molecule has 0 bridgehead atoms. The van der Waals surface area contributed by atoms with Crippen molar-refractivity contribution in [3.8, 4) is 0 Å². The van der Waals surface area contributed by atoms with Crippen LogP contribution in [-0.2, 0) is 0 Å². The first-order valence-corrected chi connectivity index (χ1v) is 2.74. The Kier molecular flexibility index (Phi) is 1.84. The van der Waals surface area contributed by atoms with Crippen LogP contribution in [0.25, 0.3) is 0 Å². The van der Waals surface area contributed by atoms with Crippen LogP contribution in [0.1, 0.15) is 5.56 Å². The van der Waals surface area contributed by atoms with Gasteiger partial charge in [-0.3, -0.25) is 4.98 Å². The van der Waals surface area contributed by atoms with Gasteiger partial charge in [-0.1, -0.05) is 5.10 Å². The summed E-state index contributed by atoms with van der Waals surface area (Å²) in [6.07, 6.45) is 3.18. The molecule has 0 saturated carbocycles. The Morgan fingerprint density at radius 3 is 2.60 bits per heavy atom. The first kappa shape index (κ1) is 6.54. The molecule has 0 atom stereocenters. The molecule has 1 aromatic rings. The lowest BCUT2D eigenvalue weighted by Crippen LogP contribution is -2.01. The van der Waals surface area contributed by atoms with Crippen molar-refractivity contribution in [1.29, 1.82) is 0 Å². The van der Waals surface area contributed by atoms with Crippen molar-refractivity contribution in [3.05, 3.63) is 30.1 Å². The Balaban J connectivity index is 2.96. The number of nitrogens with two attached hydrogens (primary N) is 1. The number of rotatable bonds is 1. The summed E-state index contributed by atoms with van der Waals surface area (Å²) < 4.78 is 0. The summed E-state index contributed by atoms with van der Waals surface area (Å²) in [5.41, 5.74) is 0.678. The second kappa shape index (κ2) is 2.82. The number of pyridine rings is 1. The molecule has 1 aromatic heterocycles. The van der Waals surface area contributed by atoms with E-state index >= 15 is 0 Å². The molecule has 10 heavy (non-hydrogen) atoms. The van der Waals surface area contributed by atoms with Crippen LogP contribution in [0.5, 0.6) is 0 Å². The van der Waals surface area contributed by atoms with Crippen LogP contribution in [0.3, 0.4) is 0 Å². The van der Waals surface area contributed by atoms with Gasteiger partial charge in [-0.05, 0) is 12.1 Å². The molecule has 0 unspecified atom stereocenters. The van der Waals surface area contributed by atoms with E-state index in [1.165, 1.54) is 0 Å². The Bertz CT molecular complexity index is 232. The number of hydrazone groups is 1. The van der Waals surface area contributed by atoms with Crippen LogP contribution >= 0.6 is 0 Å². The molecule has 1 heterocycles. The number of hydrogen-bond donors (Lipinski definition) is 1. The van der Waals surface area contributed by atoms with Crippen LogP contribution < -0.4 is 5.84 Å². The van der Waals surface area contributed by atoms with Crippen molar-refractivity contribution >= 4 is 5.90 Å². The summed E-state index contributed by atoms with van der Waals surface area (Å²) in [5.74, 6) is 4.96. The van der Waals surface area contributed by atoms with Crippen molar-refractivity contribution in [3.63, 3.8) is 0 Å². The van der Waals surface area contributed by atoms with Gasteiger partial charge in [0.2, 0.25) is 0 Å². The van der Waals surface area contributed by atoms with E-state index in [0.29, 0.717) is 5.56 Å². The van der Waals surface area contributed by atoms with Gasteiger partial charge in [0.15, 0.2) is 0 Å². The monoisotopic (exact) mass is 138 g/mol. The van der Waals surface area contributed by atoms with Gasteiger partial charge in [0.05, 0.1) is 5.56 Å². The summed E-state index contributed by atoms with van der Waals surface area (Å²) in [6.45, 7) is 0. The van der Waals surface area contributed by atoms with E-state index in [9.17, 15) is 0 Å². The molecule has 4 N–H and O–H groups in total. The van der Waals surface area contributed by atoms with Gasteiger partial charge < -0.3 is 10.9 Å². The molecule has 0 spiro atoms. The highest BCUT2D eigenvalue weighted by Crippen LogP contribution is 1.94. The van der Waals surface area contributed by atoms with E-state index in [1.54, 1.807) is 24.5 Å². The summed E-state index contributed by atoms with van der Waals surface area (Å²) in [4.78, 5) is 3.78. The van der Waals surface area contributed by atoms with Gasteiger partial charge in [-0.15, -0.1) is 0 Å². The average molecular weight is 138 g/mol. The van der Waals surface area contributed by atoms with Crippen molar-refractivity contribution < 1.29 is 5.11 Å². The van der Waals surface area contributed by atoms with E-state index in [4.69, 9.17) is 10.9 Å². The Labute approximate surface area is 58.0 Å². The minimum absolute atomic E-state index is 0.0717. The fourth-order valence-electron chi connectivity index (χ4n) is 0.584. The van der Waals surface area contributed by atoms with Crippen molar-refractivity contribution in [2.75, 3.05) is 0 Å².